The van der Waals surface area contributed by atoms with E-state index in [-0.39, 0.29) is 17.8 Å². The van der Waals surface area contributed by atoms with Gasteiger partial charge in [-0.3, -0.25) is 4.79 Å². The molecule has 0 saturated carbocycles. The molecule has 0 aliphatic carbocycles. The number of anilines is 1. The Bertz CT molecular complexity index is 1520. The maximum atomic E-state index is 12.8. The van der Waals surface area contributed by atoms with E-state index >= 15 is 0 Å². The summed E-state index contributed by atoms with van der Waals surface area (Å²) < 4.78 is 7.13. The van der Waals surface area contributed by atoms with E-state index in [0.29, 0.717) is 9.90 Å². The van der Waals surface area contributed by atoms with E-state index in [1.54, 1.807) is 22.9 Å². The van der Waals surface area contributed by atoms with Crippen LogP contribution in [0.5, 0.6) is 0 Å². The van der Waals surface area contributed by atoms with Gasteiger partial charge in [0.2, 0.25) is 0 Å². The van der Waals surface area contributed by atoms with Crippen LogP contribution in [0.25, 0.3) is 15.9 Å². The molecule has 0 saturated heterocycles. The predicted octanol–water partition coefficient (Wildman–Crippen LogP) is 6.09. The molecule has 0 bridgehead atoms. The second kappa shape index (κ2) is 8.66. The smallest absolute Gasteiger partial charge is 0.348 e. The number of thiophene rings is 1. The number of ether oxygens (including phenoxy) is 1. The zero-order chi connectivity index (χ0) is 24.9. The van der Waals surface area contributed by atoms with Crippen molar-refractivity contribution in [2.75, 3.05) is 18.6 Å². The highest BCUT2D eigenvalue weighted by Gasteiger charge is 2.38. The van der Waals surface area contributed by atoms with Crippen molar-refractivity contribution < 1.29 is 14.3 Å². The fraction of sp³-hybridized carbons (Fsp3) is 0.222. The van der Waals surface area contributed by atoms with Crippen LogP contribution in [0.4, 0.5) is 5.69 Å². The highest BCUT2D eigenvalue weighted by molar-refractivity contribution is 7.20. The van der Waals surface area contributed by atoms with Crippen LogP contribution in [0.15, 0.2) is 66.4 Å². The summed E-state index contributed by atoms with van der Waals surface area (Å²) >= 11 is 7.62. The van der Waals surface area contributed by atoms with Crippen molar-refractivity contribution in [1.29, 1.82) is 0 Å². The largest absolute Gasteiger partial charge is 0.453 e. The third-order valence-electron chi connectivity index (χ3n) is 6.41. The van der Waals surface area contributed by atoms with Crippen molar-refractivity contribution in [1.82, 2.24) is 9.78 Å². The number of halogens is 1. The first-order valence-corrected chi connectivity index (χ1v) is 12.4. The van der Waals surface area contributed by atoms with E-state index in [1.807, 2.05) is 55.3 Å². The minimum Gasteiger partial charge on any atom is -0.453 e. The molecule has 2 aromatic heterocycles. The van der Waals surface area contributed by atoms with Crippen LogP contribution >= 0.6 is 22.9 Å². The number of fused-ring (bicyclic) bond motifs is 2. The number of ketones is 1. The Hall–Kier alpha value is -3.42. The Morgan fingerprint density at radius 3 is 2.51 bits per heavy atom. The quantitative estimate of drug-likeness (QED) is 0.243. The topological polar surface area (TPSA) is 64.4 Å². The van der Waals surface area contributed by atoms with Crippen LogP contribution < -0.4 is 4.90 Å². The van der Waals surface area contributed by atoms with Crippen LogP contribution in [0, 0.1) is 6.92 Å². The summed E-state index contributed by atoms with van der Waals surface area (Å²) in [5.41, 5.74) is 4.30. The summed E-state index contributed by atoms with van der Waals surface area (Å²) in [7, 11) is 1.94. The molecule has 0 N–H and O–H groups in total. The Kier molecular flexibility index (Phi) is 5.77. The molecule has 0 radical (unpaired) electrons. The number of hydrogen-bond acceptors (Lipinski definition) is 6. The van der Waals surface area contributed by atoms with Gasteiger partial charge in [0.15, 0.2) is 12.4 Å². The Morgan fingerprint density at radius 1 is 1.11 bits per heavy atom. The van der Waals surface area contributed by atoms with Gasteiger partial charge in [-0.25, -0.2) is 9.48 Å². The van der Waals surface area contributed by atoms with Gasteiger partial charge in [-0.2, -0.15) is 5.10 Å². The fourth-order valence-electron chi connectivity index (χ4n) is 4.60. The van der Waals surface area contributed by atoms with E-state index in [2.05, 4.69) is 25.0 Å². The molecule has 0 fully saturated rings. The molecule has 0 atom stereocenters. The van der Waals surface area contributed by atoms with Gasteiger partial charge in [-0.05, 0) is 36.8 Å². The van der Waals surface area contributed by atoms with Gasteiger partial charge in [-0.1, -0.05) is 55.8 Å². The highest BCUT2D eigenvalue weighted by Crippen LogP contribution is 2.46. The highest BCUT2D eigenvalue weighted by atomic mass is 35.5. The standard InChI is InChI=1S/C27H24ClN3O3S/c1-16-18-14-23(35-25(18)31(29-16)22-12-8-6-10-20(22)28)26(33)34-15-17(32)13-24-27(2,3)19-9-5-7-11-21(19)30(24)4/h5-14H,15H2,1-4H3. The van der Waals surface area contributed by atoms with Gasteiger partial charge < -0.3 is 9.64 Å². The first kappa shape index (κ1) is 23.3. The van der Waals surface area contributed by atoms with Gasteiger partial charge in [0.1, 0.15) is 9.71 Å². The molecule has 6 nitrogen and oxygen atoms in total. The molecule has 1 aliphatic rings. The van der Waals surface area contributed by atoms with E-state index < -0.39 is 5.97 Å². The SMILES string of the molecule is Cc1nn(-c2ccccc2Cl)c2sc(C(=O)OCC(=O)C=C3N(C)c4ccccc4C3(C)C)cc12. The van der Waals surface area contributed by atoms with E-state index in [0.717, 1.165) is 38.5 Å². The third-order valence-corrected chi connectivity index (χ3v) is 7.82. The second-order valence-electron chi connectivity index (χ2n) is 9.05. The Balaban J connectivity index is 1.34. The number of para-hydroxylation sites is 2. The molecule has 2 aromatic carbocycles. The molecular formula is C27H24ClN3O3S. The third kappa shape index (κ3) is 3.94. The number of nitrogens with zero attached hydrogens (tertiary/aromatic N) is 3. The molecule has 3 heterocycles. The van der Waals surface area contributed by atoms with Crippen molar-refractivity contribution in [2.45, 2.75) is 26.2 Å². The minimum atomic E-state index is -0.537. The van der Waals surface area contributed by atoms with E-state index in [9.17, 15) is 9.59 Å². The summed E-state index contributed by atoms with van der Waals surface area (Å²) in [5, 5.41) is 5.99. The number of benzene rings is 2. The van der Waals surface area contributed by atoms with Gasteiger partial charge >= 0.3 is 5.97 Å². The zero-order valence-corrected chi connectivity index (χ0v) is 21.4. The van der Waals surface area contributed by atoms with Gasteiger partial charge in [0.25, 0.3) is 0 Å². The van der Waals surface area contributed by atoms with E-state index in [4.69, 9.17) is 16.3 Å². The van der Waals surface area contributed by atoms with Gasteiger partial charge in [-0.15, -0.1) is 11.3 Å². The van der Waals surface area contributed by atoms with E-state index in [1.165, 1.54) is 11.3 Å². The molecular weight excluding hydrogens is 482 g/mol. The van der Waals surface area contributed by atoms with Crippen LogP contribution in [0.1, 0.15) is 34.8 Å². The molecule has 0 amide bonds. The molecule has 5 rings (SSSR count). The lowest BCUT2D eigenvalue weighted by Crippen LogP contribution is -2.25. The lowest BCUT2D eigenvalue weighted by Gasteiger charge is -2.23. The van der Waals surface area contributed by atoms with Crippen molar-refractivity contribution in [3.05, 3.63) is 87.5 Å². The van der Waals surface area contributed by atoms with Crippen molar-refractivity contribution in [3.8, 4) is 5.69 Å². The Labute approximate surface area is 212 Å². The summed E-state index contributed by atoms with van der Waals surface area (Å²) in [6.07, 6.45) is 1.58. The average Bonchev–Trinajstić information content (AvgIpc) is 3.46. The predicted molar refractivity (Wildman–Crippen MR) is 140 cm³/mol. The molecule has 178 valence electrons. The molecule has 35 heavy (non-hydrogen) atoms. The lowest BCUT2D eigenvalue weighted by atomic mass is 9.83. The number of carbonyl (C=O) groups excluding carboxylic acids is 2. The van der Waals surface area contributed by atoms with Gasteiger partial charge in [0, 0.05) is 35.3 Å². The lowest BCUT2D eigenvalue weighted by molar-refractivity contribution is -0.117. The first-order chi connectivity index (χ1) is 16.7. The summed E-state index contributed by atoms with van der Waals surface area (Å²) in [6.45, 7) is 5.72. The van der Waals surface area contributed by atoms with Crippen LogP contribution in [0.2, 0.25) is 5.02 Å². The summed E-state index contributed by atoms with van der Waals surface area (Å²) in [6, 6.07) is 17.3. The first-order valence-electron chi connectivity index (χ1n) is 11.2. The monoisotopic (exact) mass is 505 g/mol. The number of hydrogen-bond donors (Lipinski definition) is 0. The van der Waals surface area contributed by atoms with Crippen molar-refractivity contribution >= 4 is 50.6 Å². The number of likely N-dealkylation sites (N-methyl/N-ethyl adjacent to an activating group) is 1. The summed E-state index contributed by atoms with van der Waals surface area (Å²) in [5.74, 6) is -0.800. The number of rotatable bonds is 5. The van der Waals surface area contributed by atoms with Gasteiger partial charge in [0.05, 0.1) is 16.4 Å². The second-order valence-corrected chi connectivity index (χ2v) is 10.5. The molecule has 8 heteroatoms. The summed E-state index contributed by atoms with van der Waals surface area (Å²) in [4.78, 5) is 28.8. The fourth-order valence-corrected chi connectivity index (χ4v) is 5.88. The van der Waals surface area contributed by atoms with Crippen molar-refractivity contribution in [3.63, 3.8) is 0 Å². The van der Waals surface area contributed by atoms with Crippen LogP contribution in [0.3, 0.4) is 0 Å². The number of aromatic nitrogens is 2. The maximum Gasteiger partial charge on any atom is 0.348 e. The number of esters is 1. The van der Waals surface area contributed by atoms with Crippen LogP contribution in [-0.4, -0.2) is 35.2 Å². The molecule has 0 unspecified atom stereocenters. The molecule has 0 spiro atoms. The van der Waals surface area contributed by atoms with Crippen molar-refractivity contribution in [2.24, 2.45) is 0 Å². The molecule has 4 aromatic rings. The normalized spacial score (nSPS) is 15.6. The number of carbonyl (C=O) groups is 2. The minimum absolute atomic E-state index is 0.263. The molecule has 1 aliphatic heterocycles. The number of aryl methyl sites for hydroxylation is 1. The average molecular weight is 506 g/mol. The van der Waals surface area contributed by atoms with Crippen LogP contribution in [-0.2, 0) is 14.9 Å². The number of allylic oxidation sites excluding steroid dienone is 1. The Morgan fingerprint density at radius 2 is 1.80 bits per heavy atom. The maximum absolute atomic E-state index is 12.8. The zero-order valence-electron chi connectivity index (χ0n) is 19.8.